The third kappa shape index (κ3) is 4.99. The highest BCUT2D eigenvalue weighted by Gasteiger charge is 2.18. The van der Waals surface area contributed by atoms with E-state index in [0.717, 1.165) is 25.5 Å². The molecule has 1 aliphatic rings. The van der Waals surface area contributed by atoms with E-state index in [0.29, 0.717) is 18.0 Å². The smallest absolute Gasteiger partial charge is 0.354 e. The predicted molar refractivity (Wildman–Crippen MR) is 86.6 cm³/mol. The van der Waals surface area contributed by atoms with E-state index >= 15 is 0 Å². The molecule has 7 nitrogen and oxygen atoms in total. The van der Waals surface area contributed by atoms with E-state index in [4.69, 9.17) is 9.47 Å². The number of para-hydroxylation sites is 2. The van der Waals surface area contributed by atoms with Crippen LogP contribution in [0.3, 0.4) is 0 Å². The van der Waals surface area contributed by atoms with Crippen molar-refractivity contribution in [2.75, 3.05) is 32.8 Å². The minimum absolute atomic E-state index is 0.0440. The number of nitrogens with one attached hydrogen (secondary N) is 1. The molecule has 1 aromatic carbocycles. The van der Waals surface area contributed by atoms with E-state index < -0.39 is 11.9 Å². The number of anilines is 1. The lowest BCUT2D eigenvalue weighted by atomic mass is 10.2. The van der Waals surface area contributed by atoms with Crippen LogP contribution in [0.15, 0.2) is 36.0 Å². The summed E-state index contributed by atoms with van der Waals surface area (Å²) in [4.78, 5) is 23.2. The molecule has 1 saturated heterocycles. The van der Waals surface area contributed by atoms with Gasteiger partial charge in [0.25, 0.3) is 0 Å². The van der Waals surface area contributed by atoms with Gasteiger partial charge in [0.2, 0.25) is 0 Å². The van der Waals surface area contributed by atoms with Gasteiger partial charge in [-0.15, -0.1) is 0 Å². The van der Waals surface area contributed by atoms with Crippen LogP contribution in [0, 0.1) is 0 Å². The Morgan fingerprint density at radius 2 is 2.08 bits per heavy atom. The summed E-state index contributed by atoms with van der Waals surface area (Å²) in [5.74, 6) is -0.803. The van der Waals surface area contributed by atoms with Crippen molar-refractivity contribution in [2.45, 2.75) is 18.9 Å². The third-order valence-electron chi connectivity index (χ3n) is 3.47. The molecule has 0 spiro atoms. The predicted octanol–water partition coefficient (Wildman–Crippen LogP) is 1.89. The van der Waals surface area contributed by atoms with Crippen LogP contribution in [-0.4, -0.2) is 45.5 Å². The van der Waals surface area contributed by atoms with Crippen LogP contribution in [0.25, 0.3) is 0 Å². The van der Waals surface area contributed by atoms with E-state index in [1.54, 1.807) is 18.2 Å². The zero-order valence-electron chi connectivity index (χ0n) is 13.7. The number of benzene rings is 1. The average Bonchev–Trinajstić information content (AvgIpc) is 3.13. The standard InChI is InChI=1S/C17H21NO6/c1-21-16(19)10-14(17(20)22-2)18-13-7-3-4-8-15(13)24-11-12-6-5-9-23-12/h3-4,7-8,10,12,18H,5-6,9,11H2,1-2H3/b14-10+. The van der Waals surface area contributed by atoms with E-state index in [9.17, 15) is 9.59 Å². The van der Waals surface area contributed by atoms with Gasteiger partial charge in [-0.3, -0.25) is 0 Å². The molecule has 1 aromatic rings. The first-order valence-corrected chi connectivity index (χ1v) is 7.62. The number of hydrogen-bond acceptors (Lipinski definition) is 7. The zero-order chi connectivity index (χ0) is 17.4. The van der Waals surface area contributed by atoms with Crippen molar-refractivity contribution in [1.29, 1.82) is 0 Å². The Hall–Kier alpha value is -2.54. The topological polar surface area (TPSA) is 83.1 Å². The van der Waals surface area contributed by atoms with E-state index in [2.05, 4.69) is 14.8 Å². The normalized spacial score (nSPS) is 17.2. The molecule has 0 aromatic heterocycles. The van der Waals surface area contributed by atoms with Gasteiger partial charge in [-0.05, 0) is 25.0 Å². The molecular weight excluding hydrogens is 314 g/mol. The molecule has 1 fully saturated rings. The molecule has 1 N–H and O–H groups in total. The second-order valence-corrected chi connectivity index (χ2v) is 5.14. The molecule has 130 valence electrons. The van der Waals surface area contributed by atoms with Gasteiger partial charge in [0, 0.05) is 6.61 Å². The summed E-state index contributed by atoms with van der Waals surface area (Å²) in [6.07, 6.45) is 3.10. The van der Waals surface area contributed by atoms with E-state index in [-0.39, 0.29) is 11.8 Å². The second-order valence-electron chi connectivity index (χ2n) is 5.14. The quantitative estimate of drug-likeness (QED) is 0.602. The van der Waals surface area contributed by atoms with Crippen molar-refractivity contribution >= 4 is 17.6 Å². The van der Waals surface area contributed by atoms with Crippen molar-refractivity contribution in [1.82, 2.24) is 0 Å². The zero-order valence-corrected chi connectivity index (χ0v) is 13.7. The fourth-order valence-electron chi connectivity index (χ4n) is 2.23. The molecule has 0 saturated carbocycles. The monoisotopic (exact) mass is 335 g/mol. The van der Waals surface area contributed by atoms with Gasteiger partial charge in [0.15, 0.2) is 0 Å². The molecule has 7 heteroatoms. The summed E-state index contributed by atoms with van der Waals surface area (Å²) >= 11 is 0. The molecule has 0 radical (unpaired) electrons. The van der Waals surface area contributed by atoms with Gasteiger partial charge in [-0.2, -0.15) is 0 Å². The fraction of sp³-hybridized carbons (Fsp3) is 0.412. The number of carbonyl (C=O) groups is 2. The average molecular weight is 335 g/mol. The first-order valence-electron chi connectivity index (χ1n) is 7.62. The Morgan fingerprint density at radius 3 is 2.75 bits per heavy atom. The Balaban J connectivity index is 2.12. The van der Waals surface area contributed by atoms with Crippen LogP contribution in [0.5, 0.6) is 5.75 Å². The van der Waals surface area contributed by atoms with Gasteiger partial charge < -0.3 is 24.3 Å². The maximum Gasteiger partial charge on any atom is 0.354 e. The van der Waals surface area contributed by atoms with Crippen molar-refractivity contribution < 1.29 is 28.5 Å². The van der Waals surface area contributed by atoms with Crippen LogP contribution >= 0.6 is 0 Å². The highest BCUT2D eigenvalue weighted by Crippen LogP contribution is 2.26. The molecule has 2 rings (SSSR count). The molecule has 24 heavy (non-hydrogen) atoms. The molecule has 1 atom stereocenters. The minimum atomic E-state index is -0.686. The Labute approximate surface area is 140 Å². The maximum absolute atomic E-state index is 11.8. The number of methoxy groups -OCH3 is 2. The summed E-state index contributed by atoms with van der Waals surface area (Å²) in [6, 6.07) is 7.11. The molecular formula is C17H21NO6. The lowest BCUT2D eigenvalue weighted by Crippen LogP contribution is -2.18. The van der Waals surface area contributed by atoms with Crippen LogP contribution in [0.4, 0.5) is 5.69 Å². The van der Waals surface area contributed by atoms with Crippen molar-refractivity contribution in [2.24, 2.45) is 0 Å². The summed E-state index contributed by atoms with van der Waals surface area (Å²) in [5, 5.41) is 2.86. The van der Waals surface area contributed by atoms with Crippen molar-refractivity contribution in [3.8, 4) is 5.75 Å². The number of ether oxygens (including phenoxy) is 4. The molecule has 1 unspecified atom stereocenters. The molecule has 0 aliphatic carbocycles. The summed E-state index contributed by atoms with van der Waals surface area (Å²) in [6.45, 7) is 1.18. The van der Waals surface area contributed by atoms with Gasteiger partial charge in [-0.1, -0.05) is 12.1 Å². The first kappa shape index (κ1) is 17.8. The Kier molecular flexibility index (Phi) is 6.62. The Morgan fingerprint density at radius 1 is 1.29 bits per heavy atom. The molecule has 0 bridgehead atoms. The Bertz CT molecular complexity index is 607. The highest BCUT2D eigenvalue weighted by molar-refractivity contribution is 5.99. The number of carbonyl (C=O) groups excluding carboxylic acids is 2. The maximum atomic E-state index is 11.8. The lowest BCUT2D eigenvalue weighted by molar-refractivity contribution is -0.138. The lowest BCUT2D eigenvalue weighted by Gasteiger charge is -2.16. The molecule has 1 heterocycles. The van der Waals surface area contributed by atoms with E-state index in [1.165, 1.54) is 14.2 Å². The summed E-state index contributed by atoms with van der Waals surface area (Å²) in [5.41, 5.74) is 0.494. The largest absolute Gasteiger partial charge is 0.489 e. The van der Waals surface area contributed by atoms with Crippen LogP contribution in [-0.2, 0) is 23.8 Å². The number of esters is 2. The SMILES string of the molecule is COC(=O)/C=C(/Nc1ccccc1OCC1CCCO1)C(=O)OC. The van der Waals surface area contributed by atoms with E-state index in [1.807, 2.05) is 6.07 Å². The van der Waals surface area contributed by atoms with Gasteiger partial charge in [0.1, 0.15) is 18.1 Å². The number of hydrogen-bond donors (Lipinski definition) is 1. The van der Waals surface area contributed by atoms with Crippen LogP contribution in [0.1, 0.15) is 12.8 Å². The van der Waals surface area contributed by atoms with Crippen molar-refractivity contribution in [3.05, 3.63) is 36.0 Å². The van der Waals surface area contributed by atoms with Gasteiger partial charge >= 0.3 is 11.9 Å². The first-order chi connectivity index (χ1) is 11.6. The van der Waals surface area contributed by atoms with Crippen LogP contribution < -0.4 is 10.1 Å². The molecule has 0 amide bonds. The summed E-state index contributed by atoms with van der Waals surface area (Å²) < 4.78 is 20.5. The van der Waals surface area contributed by atoms with Gasteiger partial charge in [0.05, 0.1) is 32.1 Å². The minimum Gasteiger partial charge on any atom is -0.489 e. The number of rotatable bonds is 7. The van der Waals surface area contributed by atoms with Crippen LogP contribution in [0.2, 0.25) is 0 Å². The molecule has 1 aliphatic heterocycles. The van der Waals surface area contributed by atoms with Crippen molar-refractivity contribution in [3.63, 3.8) is 0 Å². The fourth-order valence-corrected chi connectivity index (χ4v) is 2.23. The highest BCUT2D eigenvalue weighted by atomic mass is 16.5. The second kappa shape index (κ2) is 8.93. The third-order valence-corrected chi connectivity index (χ3v) is 3.47. The summed E-state index contributed by atoms with van der Waals surface area (Å²) in [7, 11) is 2.46. The van der Waals surface area contributed by atoms with Gasteiger partial charge in [-0.25, -0.2) is 9.59 Å².